The number of allylic oxidation sites excluding steroid dienone is 1. The van der Waals surface area contributed by atoms with Gasteiger partial charge in [0.1, 0.15) is 0 Å². The Bertz CT molecular complexity index is 384. The summed E-state index contributed by atoms with van der Waals surface area (Å²) in [4.78, 5) is 12.0. The van der Waals surface area contributed by atoms with Gasteiger partial charge in [0, 0.05) is 9.47 Å². The molecule has 2 unspecified atom stereocenters. The van der Waals surface area contributed by atoms with Crippen molar-refractivity contribution >= 4 is 15.4 Å². The van der Waals surface area contributed by atoms with Crippen LogP contribution in [0.4, 0.5) is 0 Å². The van der Waals surface area contributed by atoms with Crippen LogP contribution < -0.4 is 0 Å². The van der Waals surface area contributed by atoms with Crippen LogP contribution in [-0.2, 0) is 14.1 Å². The third-order valence-corrected chi connectivity index (χ3v) is 6.08. The van der Waals surface area contributed by atoms with Gasteiger partial charge in [-0.25, -0.2) is 4.79 Å². The van der Waals surface area contributed by atoms with E-state index in [2.05, 4.69) is 23.3 Å². The highest BCUT2D eigenvalue weighted by Gasteiger charge is 2.18. The lowest BCUT2D eigenvalue weighted by Crippen LogP contribution is -2.22. The Morgan fingerprint density at radius 2 is 1.13 bits per heavy atom. The van der Waals surface area contributed by atoms with Crippen molar-refractivity contribution < 1.29 is 14.1 Å². The van der Waals surface area contributed by atoms with Crippen molar-refractivity contribution in [3.63, 3.8) is 0 Å². The van der Waals surface area contributed by atoms with Gasteiger partial charge in [0.05, 0.1) is 6.26 Å². The fourth-order valence-corrected chi connectivity index (χ4v) is 3.96. The fourth-order valence-electron chi connectivity index (χ4n) is 3.71. The summed E-state index contributed by atoms with van der Waals surface area (Å²) in [6, 6.07) is 0. The lowest BCUT2D eigenvalue weighted by Gasteiger charge is -2.12. The molecule has 0 bridgehead atoms. The third-order valence-electron chi connectivity index (χ3n) is 5.75. The zero-order chi connectivity index (χ0) is 22.1. The van der Waals surface area contributed by atoms with E-state index in [-0.39, 0.29) is 5.97 Å². The maximum absolute atomic E-state index is 12.0. The van der Waals surface area contributed by atoms with Crippen LogP contribution in [0, 0.1) is 0 Å². The van der Waals surface area contributed by atoms with Gasteiger partial charge in [0.15, 0.2) is 6.10 Å². The van der Waals surface area contributed by atoms with Crippen LogP contribution in [0.25, 0.3) is 0 Å². The number of ether oxygens (including phenoxy) is 1. The highest BCUT2D eigenvalue weighted by molar-refractivity contribution is 7.09. The third kappa shape index (κ3) is 20.9. The molecule has 0 amide bonds. The highest BCUT2D eigenvalue weighted by Crippen LogP contribution is 2.14. The molecule has 0 aliphatic carbocycles. The fraction of sp³-hybridized carbons (Fsp3) is 0.885. The van der Waals surface area contributed by atoms with Crippen molar-refractivity contribution in [3.05, 3.63) is 12.3 Å². The zero-order valence-electron chi connectivity index (χ0n) is 20.2. The summed E-state index contributed by atoms with van der Waals surface area (Å²) < 4.78 is 10.4. The summed E-state index contributed by atoms with van der Waals surface area (Å²) in [5.41, 5.74) is 0. The van der Waals surface area contributed by atoms with Gasteiger partial charge < -0.3 is 9.26 Å². The molecule has 0 radical (unpaired) electrons. The topological polar surface area (TPSA) is 35.5 Å². The molecule has 0 N–H and O–H groups in total. The number of unbranched alkanes of at least 4 members (excludes halogenated alkanes) is 17. The first-order chi connectivity index (χ1) is 14.8. The van der Waals surface area contributed by atoms with Crippen molar-refractivity contribution in [3.8, 4) is 0 Å². The van der Waals surface area contributed by atoms with Gasteiger partial charge in [0.2, 0.25) is 0 Å². The molecule has 4 heteroatoms. The predicted molar refractivity (Wildman–Crippen MR) is 134 cm³/mol. The minimum absolute atomic E-state index is 0.279. The molecule has 0 aromatic heterocycles. The maximum Gasteiger partial charge on any atom is 0.340 e. The van der Waals surface area contributed by atoms with Crippen LogP contribution >= 0.6 is 9.47 Å². The number of carbonyl (C=O) groups is 1. The number of hydrogen-bond donors (Lipinski definition) is 0. The Kier molecular flexibility index (Phi) is 24.5. The molecule has 0 aliphatic rings. The van der Waals surface area contributed by atoms with Crippen LogP contribution in [0.5, 0.6) is 0 Å². The Balaban J connectivity index is 3.40. The molecule has 0 saturated heterocycles. The second-order valence-corrected chi connectivity index (χ2v) is 8.94. The lowest BCUT2D eigenvalue weighted by molar-refractivity contribution is -0.145. The maximum atomic E-state index is 12.0. The van der Waals surface area contributed by atoms with Crippen molar-refractivity contribution in [2.45, 2.75) is 148 Å². The summed E-state index contributed by atoms with van der Waals surface area (Å²) in [6.45, 7) is 4.46. The highest BCUT2D eigenvalue weighted by atomic mass is 31.0. The van der Waals surface area contributed by atoms with Gasteiger partial charge in [-0.3, -0.25) is 0 Å². The second-order valence-electron chi connectivity index (χ2n) is 8.67. The van der Waals surface area contributed by atoms with Crippen LogP contribution in [0.1, 0.15) is 142 Å². The Morgan fingerprint density at radius 3 is 1.60 bits per heavy atom. The molecule has 178 valence electrons. The Morgan fingerprint density at radius 1 is 0.700 bits per heavy atom. The monoisotopic (exact) mass is 442 g/mol. The summed E-state index contributed by atoms with van der Waals surface area (Å²) in [5.74, 6) is -0.279. The lowest BCUT2D eigenvalue weighted by atomic mass is 10.0. The molecule has 0 fully saturated rings. The number of rotatable bonds is 23. The van der Waals surface area contributed by atoms with E-state index in [1.807, 2.05) is 6.08 Å². The molecule has 0 aromatic carbocycles. The molecule has 0 spiro atoms. The van der Waals surface area contributed by atoms with E-state index in [0.29, 0.717) is 0 Å². The summed E-state index contributed by atoms with van der Waals surface area (Å²) in [7, 11) is 2.19. The van der Waals surface area contributed by atoms with Gasteiger partial charge in [-0.1, -0.05) is 123 Å². The van der Waals surface area contributed by atoms with Crippen molar-refractivity contribution in [1.29, 1.82) is 0 Å². The molecule has 2 atom stereocenters. The molecule has 0 saturated carbocycles. The largest absolute Gasteiger partial charge is 0.433 e. The van der Waals surface area contributed by atoms with E-state index >= 15 is 0 Å². The summed E-state index contributed by atoms with van der Waals surface area (Å²) in [6.07, 6.45) is 28.6. The van der Waals surface area contributed by atoms with Crippen LogP contribution in [0.3, 0.4) is 0 Å². The molecule has 0 rings (SSSR count). The van der Waals surface area contributed by atoms with Crippen molar-refractivity contribution in [1.82, 2.24) is 0 Å². The standard InChI is InChI=1S/C26H51O3P/c1-3-5-7-9-10-11-12-13-14-15-16-17-18-19-20-22-24-28-26(27)25(29-30)23-21-8-6-4-2/h22,24-25H,3-21,23,30H2,1-2H3. The van der Waals surface area contributed by atoms with Gasteiger partial charge in [-0.05, 0) is 25.3 Å². The van der Waals surface area contributed by atoms with E-state index in [0.717, 1.165) is 25.7 Å². The quantitative estimate of drug-likeness (QED) is 0.0685. The summed E-state index contributed by atoms with van der Waals surface area (Å²) >= 11 is 0. The van der Waals surface area contributed by atoms with Gasteiger partial charge in [-0.2, -0.15) is 0 Å². The average molecular weight is 443 g/mol. The summed E-state index contributed by atoms with van der Waals surface area (Å²) in [5, 5.41) is 0. The van der Waals surface area contributed by atoms with Crippen LogP contribution in [0.15, 0.2) is 12.3 Å². The molecule has 0 aromatic rings. The Hall–Kier alpha value is -0.400. The van der Waals surface area contributed by atoms with Gasteiger partial charge in [0.25, 0.3) is 0 Å². The number of carbonyl (C=O) groups excluding carboxylic acids is 1. The van der Waals surface area contributed by atoms with E-state index in [9.17, 15) is 4.79 Å². The van der Waals surface area contributed by atoms with Crippen LogP contribution in [-0.4, -0.2) is 12.1 Å². The minimum Gasteiger partial charge on any atom is -0.433 e. The molecule has 0 aliphatic heterocycles. The molecular formula is C26H51O3P. The van der Waals surface area contributed by atoms with Gasteiger partial charge >= 0.3 is 5.97 Å². The van der Waals surface area contributed by atoms with E-state index in [1.54, 1.807) is 6.26 Å². The van der Waals surface area contributed by atoms with E-state index in [1.165, 1.54) is 103 Å². The SMILES string of the molecule is CCCCCCCCCCCCCCCCC=COC(=O)C(CCCCCC)OP. The zero-order valence-corrected chi connectivity index (χ0v) is 21.3. The van der Waals surface area contributed by atoms with Gasteiger partial charge in [-0.15, -0.1) is 0 Å². The minimum atomic E-state index is -0.461. The smallest absolute Gasteiger partial charge is 0.340 e. The van der Waals surface area contributed by atoms with E-state index in [4.69, 9.17) is 9.26 Å². The molecule has 0 heterocycles. The van der Waals surface area contributed by atoms with E-state index < -0.39 is 6.10 Å². The molecular weight excluding hydrogens is 391 g/mol. The number of hydrogen-bond acceptors (Lipinski definition) is 3. The average Bonchev–Trinajstić information content (AvgIpc) is 2.75. The normalized spacial score (nSPS) is 12.5. The first kappa shape index (κ1) is 29.6. The molecule has 30 heavy (non-hydrogen) atoms. The van der Waals surface area contributed by atoms with Crippen LogP contribution in [0.2, 0.25) is 0 Å². The second kappa shape index (κ2) is 24.9. The Labute approximate surface area is 190 Å². The predicted octanol–water partition coefficient (Wildman–Crippen LogP) is 9.06. The molecule has 3 nitrogen and oxygen atoms in total. The number of esters is 1. The van der Waals surface area contributed by atoms with Crippen molar-refractivity contribution in [2.75, 3.05) is 0 Å². The van der Waals surface area contributed by atoms with Crippen molar-refractivity contribution in [2.24, 2.45) is 0 Å². The first-order valence-electron chi connectivity index (χ1n) is 13.0. The first-order valence-corrected chi connectivity index (χ1v) is 13.4.